The zero-order valence-electron chi connectivity index (χ0n) is 11.6. The molecule has 0 radical (unpaired) electrons. The Morgan fingerprint density at radius 3 is 2.29 bits per heavy atom. The molecule has 4 nitrogen and oxygen atoms in total. The predicted molar refractivity (Wildman–Crippen MR) is 69.0 cm³/mol. The van der Waals surface area contributed by atoms with E-state index in [9.17, 15) is 4.79 Å². The van der Waals surface area contributed by atoms with Gasteiger partial charge >= 0.3 is 5.97 Å². The third kappa shape index (κ3) is 7.34. The molecule has 0 bridgehead atoms. The van der Waals surface area contributed by atoms with Crippen molar-refractivity contribution < 1.29 is 14.3 Å². The van der Waals surface area contributed by atoms with Gasteiger partial charge in [-0.25, -0.2) is 0 Å². The Morgan fingerprint density at radius 1 is 1.18 bits per heavy atom. The lowest BCUT2D eigenvalue weighted by molar-refractivity contribution is -0.146. The summed E-state index contributed by atoms with van der Waals surface area (Å²) in [6, 6.07) is 0.0256. The monoisotopic (exact) mass is 245 g/mol. The average molecular weight is 245 g/mol. The molecule has 1 N–H and O–H groups in total. The summed E-state index contributed by atoms with van der Waals surface area (Å²) in [6.45, 7) is 7.10. The van der Waals surface area contributed by atoms with Gasteiger partial charge in [-0.05, 0) is 19.8 Å². The third-order valence-corrected chi connectivity index (χ3v) is 2.59. The maximum Gasteiger partial charge on any atom is 0.323 e. The minimum atomic E-state index is -0.202. The standard InChI is InChI=1S/C13H27NO3/c1-5-8-11(10-16-4)14-12(9-6-2)13(15)17-7-3/h11-12,14H,5-10H2,1-4H3. The van der Waals surface area contributed by atoms with Crippen molar-refractivity contribution in [2.45, 2.75) is 58.5 Å². The van der Waals surface area contributed by atoms with Gasteiger partial charge in [0.2, 0.25) is 0 Å². The highest BCUT2D eigenvalue weighted by atomic mass is 16.5. The van der Waals surface area contributed by atoms with Crippen LogP contribution in [0.15, 0.2) is 0 Å². The van der Waals surface area contributed by atoms with Crippen molar-refractivity contribution >= 4 is 5.97 Å². The van der Waals surface area contributed by atoms with E-state index < -0.39 is 0 Å². The maximum absolute atomic E-state index is 11.8. The number of ether oxygens (including phenoxy) is 2. The highest BCUT2D eigenvalue weighted by Crippen LogP contribution is 2.05. The van der Waals surface area contributed by atoms with Crippen LogP contribution in [0.5, 0.6) is 0 Å². The molecule has 0 aromatic heterocycles. The lowest BCUT2D eigenvalue weighted by Gasteiger charge is -2.23. The van der Waals surface area contributed by atoms with Crippen LogP contribution in [0.2, 0.25) is 0 Å². The zero-order valence-corrected chi connectivity index (χ0v) is 11.6. The molecule has 0 amide bonds. The van der Waals surface area contributed by atoms with E-state index in [1.54, 1.807) is 7.11 Å². The molecule has 0 saturated heterocycles. The number of esters is 1. The van der Waals surface area contributed by atoms with Crippen LogP contribution in [0.3, 0.4) is 0 Å². The van der Waals surface area contributed by atoms with Gasteiger partial charge < -0.3 is 9.47 Å². The van der Waals surface area contributed by atoms with Crippen LogP contribution in [0.1, 0.15) is 46.5 Å². The SMILES string of the molecule is CCCC(COC)NC(CCC)C(=O)OCC. The Morgan fingerprint density at radius 2 is 1.82 bits per heavy atom. The molecule has 102 valence electrons. The van der Waals surface area contributed by atoms with E-state index in [0.717, 1.165) is 25.7 Å². The molecule has 4 heteroatoms. The van der Waals surface area contributed by atoms with Crippen molar-refractivity contribution in [1.82, 2.24) is 5.32 Å². The number of carbonyl (C=O) groups excluding carboxylic acids is 1. The number of methoxy groups -OCH3 is 1. The second-order valence-electron chi connectivity index (χ2n) is 4.20. The summed E-state index contributed by atoms with van der Waals surface area (Å²) in [5.41, 5.74) is 0. The Labute approximate surface area is 105 Å². The molecule has 17 heavy (non-hydrogen) atoms. The molecule has 2 unspecified atom stereocenters. The van der Waals surface area contributed by atoms with Gasteiger partial charge in [-0.2, -0.15) is 0 Å². The Hall–Kier alpha value is -0.610. The fourth-order valence-electron chi connectivity index (χ4n) is 1.85. The Bertz CT molecular complexity index is 191. The van der Waals surface area contributed by atoms with Crippen molar-refractivity contribution in [1.29, 1.82) is 0 Å². The van der Waals surface area contributed by atoms with E-state index in [2.05, 4.69) is 19.2 Å². The minimum absolute atomic E-state index is 0.147. The quantitative estimate of drug-likeness (QED) is 0.599. The summed E-state index contributed by atoms with van der Waals surface area (Å²) in [6.07, 6.45) is 3.85. The molecule has 0 aliphatic rings. The topological polar surface area (TPSA) is 47.6 Å². The largest absolute Gasteiger partial charge is 0.465 e. The highest BCUT2D eigenvalue weighted by molar-refractivity contribution is 5.75. The summed E-state index contributed by atoms with van der Waals surface area (Å²) in [5.74, 6) is -0.147. The van der Waals surface area contributed by atoms with Crippen molar-refractivity contribution in [3.63, 3.8) is 0 Å². The molecule has 0 spiro atoms. The van der Waals surface area contributed by atoms with Crippen molar-refractivity contribution in [3.05, 3.63) is 0 Å². The van der Waals surface area contributed by atoms with Gasteiger partial charge in [0.05, 0.1) is 13.2 Å². The molecule has 0 aliphatic heterocycles. The lowest BCUT2D eigenvalue weighted by Crippen LogP contribution is -2.46. The molecule has 0 fully saturated rings. The van der Waals surface area contributed by atoms with Gasteiger partial charge in [0.25, 0.3) is 0 Å². The predicted octanol–water partition coefficient (Wildman–Crippen LogP) is 2.12. The van der Waals surface area contributed by atoms with Crippen LogP contribution < -0.4 is 5.32 Å². The first kappa shape index (κ1) is 16.4. The van der Waals surface area contributed by atoms with Crippen LogP contribution in [-0.4, -0.2) is 38.4 Å². The summed E-state index contributed by atoms with van der Waals surface area (Å²) in [4.78, 5) is 11.8. The molecule has 0 aliphatic carbocycles. The van der Waals surface area contributed by atoms with Crippen LogP contribution in [0.4, 0.5) is 0 Å². The average Bonchev–Trinajstić information content (AvgIpc) is 2.29. The first-order chi connectivity index (χ1) is 8.19. The van der Waals surface area contributed by atoms with Gasteiger partial charge in [-0.15, -0.1) is 0 Å². The highest BCUT2D eigenvalue weighted by Gasteiger charge is 2.21. The smallest absolute Gasteiger partial charge is 0.323 e. The fraction of sp³-hybridized carbons (Fsp3) is 0.923. The van der Waals surface area contributed by atoms with Gasteiger partial charge in [0, 0.05) is 13.2 Å². The van der Waals surface area contributed by atoms with Gasteiger partial charge in [-0.1, -0.05) is 26.7 Å². The van der Waals surface area contributed by atoms with Crippen LogP contribution in [0, 0.1) is 0 Å². The summed E-state index contributed by atoms with van der Waals surface area (Å²) in [7, 11) is 1.68. The van der Waals surface area contributed by atoms with Gasteiger partial charge in [0.15, 0.2) is 0 Å². The summed E-state index contributed by atoms with van der Waals surface area (Å²) < 4.78 is 10.2. The molecule has 0 aromatic rings. The first-order valence-corrected chi connectivity index (χ1v) is 6.61. The number of nitrogens with one attached hydrogen (secondary N) is 1. The maximum atomic E-state index is 11.8. The third-order valence-electron chi connectivity index (χ3n) is 2.59. The van der Waals surface area contributed by atoms with E-state index >= 15 is 0 Å². The molecule has 2 atom stereocenters. The number of hydrogen-bond acceptors (Lipinski definition) is 4. The number of rotatable bonds is 10. The van der Waals surface area contributed by atoms with Gasteiger partial charge in [-0.3, -0.25) is 10.1 Å². The zero-order chi connectivity index (χ0) is 13.1. The lowest BCUT2D eigenvalue weighted by atomic mass is 10.1. The van der Waals surface area contributed by atoms with E-state index in [1.165, 1.54) is 0 Å². The fourth-order valence-corrected chi connectivity index (χ4v) is 1.85. The second kappa shape index (κ2) is 10.5. The molecular formula is C13H27NO3. The summed E-state index contributed by atoms with van der Waals surface area (Å²) >= 11 is 0. The van der Waals surface area contributed by atoms with E-state index in [1.807, 2.05) is 6.92 Å². The molecule has 0 saturated carbocycles. The molecular weight excluding hydrogens is 218 g/mol. The van der Waals surface area contributed by atoms with Crippen molar-refractivity contribution in [2.24, 2.45) is 0 Å². The number of hydrogen-bond donors (Lipinski definition) is 1. The molecule has 0 heterocycles. The van der Waals surface area contributed by atoms with E-state index in [0.29, 0.717) is 13.2 Å². The summed E-state index contributed by atoms with van der Waals surface area (Å²) in [5, 5.41) is 3.34. The number of carbonyl (C=O) groups is 1. The Kier molecular flexibility index (Phi) is 10.2. The molecule has 0 rings (SSSR count). The van der Waals surface area contributed by atoms with Crippen molar-refractivity contribution in [3.8, 4) is 0 Å². The normalized spacial score (nSPS) is 14.4. The molecule has 0 aromatic carbocycles. The second-order valence-corrected chi connectivity index (χ2v) is 4.20. The van der Waals surface area contributed by atoms with E-state index in [4.69, 9.17) is 9.47 Å². The first-order valence-electron chi connectivity index (χ1n) is 6.61. The van der Waals surface area contributed by atoms with E-state index in [-0.39, 0.29) is 18.1 Å². The van der Waals surface area contributed by atoms with Crippen molar-refractivity contribution in [2.75, 3.05) is 20.3 Å². The van der Waals surface area contributed by atoms with Crippen LogP contribution in [-0.2, 0) is 14.3 Å². The van der Waals surface area contributed by atoms with Crippen LogP contribution >= 0.6 is 0 Å². The van der Waals surface area contributed by atoms with Gasteiger partial charge in [0.1, 0.15) is 6.04 Å². The van der Waals surface area contributed by atoms with Crippen LogP contribution in [0.25, 0.3) is 0 Å². The minimum Gasteiger partial charge on any atom is -0.465 e. The Balaban J connectivity index is 4.31.